The lowest BCUT2D eigenvalue weighted by Gasteiger charge is -2.28. The van der Waals surface area contributed by atoms with E-state index in [1.54, 1.807) is 0 Å². The van der Waals surface area contributed by atoms with E-state index in [2.05, 4.69) is 223 Å². The van der Waals surface area contributed by atoms with Crippen molar-refractivity contribution in [1.82, 2.24) is 0 Å². The molecule has 1 heteroatoms. The average Bonchev–Trinajstić information content (AvgIpc) is 3.67. The zero-order valence-corrected chi connectivity index (χ0v) is 31.2. The Kier molecular flexibility index (Phi) is 8.82. The third-order valence-corrected chi connectivity index (χ3v) is 11.5. The summed E-state index contributed by atoms with van der Waals surface area (Å²) in [6.07, 6.45) is 10.9. The summed E-state index contributed by atoms with van der Waals surface area (Å²) in [5, 5.41) is 0. The molecule has 0 bridgehead atoms. The maximum absolute atomic E-state index is 2.45. The quantitative estimate of drug-likeness (QED) is 0.151. The summed E-state index contributed by atoms with van der Waals surface area (Å²) in [6, 6.07) is 71.2. The van der Waals surface area contributed by atoms with Crippen molar-refractivity contribution in [2.24, 2.45) is 0 Å². The summed E-state index contributed by atoms with van der Waals surface area (Å²) in [6.45, 7) is 0. The first kappa shape index (κ1) is 33.6. The summed E-state index contributed by atoms with van der Waals surface area (Å²) in [4.78, 5) is 2.43. The van der Waals surface area contributed by atoms with E-state index < -0.39 is 0 Å². The van der Waals surface area contributed by atoms with E-state index >= 15 is 0 Å². The highest BCUT2D eigenvalue weighted by molar-refractivity contribution is 5.91. The second-order valence-electron chi connectivity index (χ2n) is 14.8. The van der Waals surface area contributed by atoms with Crippen LogP contribution in [0.5, 0.6) is 0 Å². The Hall–Kier alpha value is -6.96. The molecule has 2 aliphatic carbocycles. The normalized spacial score (nSPS) is 14.0. The summed E-state index contributed by atoms with van der Waals surface area (Å²) in [5.74, 6) is 0.292. The van der Waals surface area contributed by atoms with Gasteiger partial charge in [-0.3, -0.25) is 0 Å². The van der Waals surface area contributed by atoms with Crippen molar-refractivity contribution in [3.05, 3.63) is 235 Å². The van der Waals surface area contributed by atoms with Gasteiger partial charge in [0.25, 0.3) is 0 Å². The lowest BCUT2D eigenvalue weighted by Crippen LogP contribution is -2.11. The molecule has 0 saturated carbocycles. The van der Waals surface area contributed by atoms with E-state index in [-0.39, 0.29) is 0 Å². The smallest absolute Gasteiger partial charge is 0.0470 e. The summed E-state index contributed by atoms with van der Waals surface area (Å²) >= 11 is 0. The van der Waals surface area contributed by atoms with Crippen LogP contribution in [0.3, 0.4) is 0 Å². The fourth-order valence-corrected chi connectivity index (χ4v) is 8.67. The molecule has 10 rings (SSSR count). The Morgan fingerprint density at radius 1 is 0.357 bits per heavy atom. The zero-order chi connectivity index (χ0) is 37.3. The number of hydrogen-bond donors (Lipinski definition) is 0. The lowest BCUT2D eigenvalue weighted by atomic mass is 9.88. The Labute approximate surface area is 330 Å². The molecule has 1 nitrogen and oxygen atoms in total. The van der Waals surface area contributed by atoms with Crippen LogP contribution in [0, 0.1) is 0 Å². The van der Waals surface area contributed by atoms with E-state index in [0.717, 1.165) is 29.9 Å². The van der Waals surface area contributed by atoms with Gasteiger partial charge in [-0.05, 0) is 122 Å². The Morgan fingerprint density at radius 3 is 1.36 bits per heavy atom. The third kappa shape index (κ3) is 6.38. The first-order chi connectivity index (χ1) is 27.8. The molecule has 0 N–H and O–H groups in total. The van der Waals surface area contributed by atoms with Crippen molar-refractivity contribution in [1.29, 1.82) is 0 Å². The lowest BCUT2D eigenvalue weighted by molar-refractivity contribution is 0.854. The van der Waals surface area contributed by atoms with Crippen LogP contribution in [0.25, 0.3) is 55.6 Å². The van der Waals surface area contributed by atoms with Crippen molar-refractivity contribution < 1.29 is 0 Å². The molecule has 2 aliphatic rings. The highest BCUT2D eigenvalue weighted by Crippen LogP contribution is 2.47. The van der Waals surface area contributed by atoms with Gasteiger partial charge in [-0.25, -0.2) is 0 Å². The number of fused-ring (bicyclic) bond motifs is 3. The van der Waals surface area contributed by atoms with Gasteiger partial charge < -0.3 is 4.90 Å². The highest BCUT2D eigenvalue weighted by Gasteiger charge is 2.26. The van der Waals surface area contributed by atoms with Gasteiger partial charge in [0.05, 0.1) is 0 Å². The van der Waals surface area contributed by atoms with Gasteiger partial charge in [0.1, 0.15) is 0 Å². The predicted molar refractivity (Wildman–Crippen MR) is 237 cm³/mol. The van der Waals surface area contributed by atoms with Crippen LogP contribution in [-0.4, -0.2) is 0 Å². The molecule has 0 radical (unpaired) electrons. The van der Waals surface area contributed by atoms with E-state index in [1.165, 1.54) is 72.3 Å². The van der Waals surface area contributed by atoms with Crippen LogP contribution in [0.1, 0.15) is 29.0 Å². The number of rotatable bonds is 8. The molecule has 0 saturated heterocycles. The van der Waals surface area contributed by atoms with E-state index in [0.29, 0.717) is 5.92 Å². The topological polar surface area (TPSA) is 3.24 Å². The van der Waals surface area contributed by atoms with Gasteiger partial charge in [-0.1, -0.05) is 182 Å². The van der Waals surface area contributed by atoms with Gasteiger partial charge in [0.15, 0.2) is 0 Å². The van der Waals surface area contributed by atoms with Gasteiger partial charge in [-0.15, -0.1) is 0 Å². The predicted octanol–water partition coefficient (Wildman–Crippen LogP) is 15.0. The second-order valence-corrected chi connectivity index (χ2v) is 14.8. The largest absolute Gasteiger partial charge is 0.310 e. The first-order valence-corrected chi connectivity index (χ1v) is 19.7. The zero-order valence-electron chi connectivity index (χ0n) is 31.2. The standard InChI is InChI=1S/C55H41N/c1-5-15-39(16-6-1)42-27-31-47(32-28-42)56(48-33-29-43(30-34-48)40-17-7-2-8-18-40)49-36-45(41-19-9-3-10-20-41)35-46(37-49)51-24-14-26-53-52-25-13-23-50(54(52)38-55(51)53)44-21-11-4-12-22-44/h1-19,21-37,41H,20,38H2. The average molecular weight is 716 g/mol. The molecule has 0 heterocycles. The third-order valence-electron chi connectivity index (χ3n) is 11.5. The fourth-order valence-electron chi connectivity index (χ4n) is 8.67. The van der Waals surface area contributed by atoms with Crippen molar-refractivity contribution in [2.45, 2.75) is 18.8 Å². The van der Waals surface area contributed by atoms with Gasteiger partial charge >= 0.3 is 0 Å². The molecular formula is C55H41N. The van der Waals surface area contributed by atoms with Crippen LogP contribution in [0.4, 0.5) is 17.1 Å². The van der Waals surface area contributed by atoms with Crippen molar-refractivity contribution in [3.63, 3.8) is 0 Å². The van der Waals surface area contributed by atoms with Crippen LogP contribution in [0.15, 0.2) is 218 Å². The van der Waals surface area contributed by atoms with Crippen LogP contribution >= 0.6 is 0 Å². The Bertz CT molecular complexity index is 2620. The molecule has 0 aliphatic heterocycles. The molecule has 8 aromatic carbocycles. The van der Waals surface area contributed by atoms with E-state index in [4.69, 9.17) is 0 Å². The maximum atomic E-state index is 2.45. The Balaban J connectivity index is 1.13. The fraction of sp³-hybridized carbons (Fsp3) is 0.0545. The highest BCUT2D eigenvalue weighted by atomic mass is 15.1. The van der Waals surface area contributed by atoms with Gasteiger partial charge in [-0.2, -0.15) is 0 Å². The molecule has 0 amide bonds. The van der Waals surface area contributed by atoms with Crippen LogP contribution < -0.4 is 4.90 Å². The van der Waals surface area contributed by atoms with Crippen molar-refractivity contribution in [2.75, 3.05) is 4.90 Å². The molecule has 0 spiro atoms. The SMILES string of the molecule is C1=CCC(c2cc(-c3cccc4c3Cc3c(-c5ccccc5)cccc3-4)cc(N(c3ccc(-c4ccccc4)cc3)c3ccc(-c4ccccc4)cc3)c2)C=C1. The number of benzene rings is 8. The summed E-state index contributed by atoms with van der Waals surface area (Å²) in [5.41, 5.74) is 20.2. The number of allylic oxidation sites excluding steroid dienone is 4. The monoisotopic (exact) mass is 715 g/mol. The molecule has 266 valence electrons. The second kappa shape index (κ2) is 14.7. The minimum Gasteiger partial charge on any atom is -0.310 e. The summed E-state index contributed by atoms with van der Waals surface area (Å²) in [7, 11) is 0. The Morgan fingerprint density at radius 2 is 0.839 bits per heavy atom. The molecular weight excluding hydrogens is 675 g/mol. The van der Waals surface area contributed by atoms with Gasteiger partial charge in [0.2, 0.25) is 0 Å². The van der Waals surface area contributed by atoms with E-state index in [1.807, 2.05) is 0 Å². The molecule has 1 unspecified atom stereocenters. The molecule has 8 aromatic rings. The van der Waals surface area contributed by atoms with Crippen LogP contribution in [0.2, 0.25) is 0 Å². The minimum atomic E-state index is 0.292. The number of anilines is 3. The molecule has 56 heavy (non-hydrogen) atoms. The van der Waals surface area contributed by atoms with Crippen LogP contribution in [-0.2, 0) is 6.42 Å². The number of hydrogen-bond acceptors (Lipinski definition) is 1. The summed E-state index contributed by atoms with van der Waals surface area (Å²) < 4.78 is 0. The van der Waals surface area contributed by atoms with E-state index in [9.17, 15) is 0 Å². The van der Waals surface area contributed by atoms with Crippen molar-refractivity contribution in [3.8, 4) is 55.6 Å². The molecule has 1 atom stereocenters. The minimum absolute atomic E-state index is 0.292. The number of nitrogens with zero attached hydrogens (tertiary/aromatic N) is 1. The first-order valence-electron chi connectivity index (χ1n) is 19.7. The maximum Gasteiger partial charge on any atom is 0.0470 e. The molecule has 0 aromatic heterocycles. The van der Waals surface area contributed by atoms with Crippen molar-refractivity contribution >= 4 is 17.1 Å². The molecule has 0 fully saturated rings. The van der Waals surface area contributed by atoms with Gasteiger partial charge in [0, 0.05) is 23.0 Å².